The Morgan fingerprint density at radius 3 is 2.67 bits per heavy atom. The Hall–Kier alpha value is -1.85. The van der Waals surface area contributed by atoms with E-state index in [2.05, 4.69) is 33.4 Å². The molecule has 126 valence electrons. The molecule has 3 rings (SSSR count). The predicted octanol–water partition coefficient (Wildman–Crippen LogP) is 3.55. The highest BCUT2D eigenvalue weighted by atomic mass is 79.9. The Morgan fingerprint density at radius 2 is 1.92 bits per heavy atom. The van der Waals surface area contributed by atoms with Crippen molar-refractivity contribution in [2.24, 2.45) is 0 Å². The third-order valence-corrected chi connectivity index (χ3v) is 4.74. The first-order valence-electron chi connectivity index (χ1n) is 8.14. The number of benzene rings is 2. The minimum atomic E-state index is -0.157. The van der Waals surface area contributed by atoms with Gasteiger partial charge in [-0.05, 0) is 43.0 Å². The van der Waals surface area contributed by atoms with E-state index < -0.39 is 0 Å². The molecule has 2 aromatic rings. The molecule has 0 radical (unpaired) electrons. The van der Waals surface area contributed by atoms with E-state index in [4.69, 9.17) is 10.5 Å². The first-order valence-corrected chi connectivity index (χ1v) is 8.94. The standard InChI is InChI=1S/C19H21BrN2O2/c20-14-6-9-17(18(21)11-14)19(23)22-12-16-8-7-15(24-16)10-13-4-2-1-3-5-13/h1-6,9,11,15-16H,7-8,10,12,21H2,(H,22,23). The van der Waals surface area contributed by atoms with Crippen molar-refractivity contribution in [1.82, 2.24) is 5.32 Å². The maximum atomic E-state index is 12.2. The number of rotatable bonds is 5. The summed E-state index contributed by atoms with van der Waals surface area (Å²) in [6.45, 7) is 0.514. The normalized spacial score (nSPS) is 20.0. The van der Waals surface area contributed by atoms with Gasteiger partial charge in [0, 0.05) is 16.7 Å². The average Bonchev–Trinajstić information content (AvgIpc) is 3.01. The topological polar surface area (TPSA) is 64.4 Å². The van der Waals surface area contributed by atoms with E-state index in [1.807, 2.05) is 24.3 Å². The molecular formula is C19H21BrN2O2. The van der Waals surface area contributed by atoms with Crippen LogP contribution in [0.2, 0.25) is 0 Å². The van der Waals surface area contributed by atoms with Gasteiger partial charge in [0.15, 0.2) is 0 Å². The zero-order chi connectivity index (χ0) is 16.9. The van der Waals surface area contributed by atoms with Gasteiger partial charge in [0.05, 0.1) is 17.8 Å². The number of hydrogen-bond donors (Lipinski definition) is 2. The fourth-order valence-electron chi connectivity index (χ4n) is 3.00. The molecule has 1 heterocycles. The molecule has 0 spiro atoms. The van der Waals surface area contributed by atoms with Gasteiger partial charge >= 0.3 is 0 Å². The third-order valence-electron chi connectivity index (χ3n) is 4.25. The monoisotopic (exact) mass is 388 g/mol. The molecule has 2 unspecified atom stereocenters. The molecule has 1 amide bonds. The zero-order valence-corrected chi connectivity index (χ0v) is 15.0. The van der Waals surface area contributed by atoms with Gasteiger partial charge in [-0.3, -0.25) is 4.79 Å². The first kappa shape index (κ1) is 17.0. The number of carbonyl (C=O) groups is 1. The molecule has 0 aromatic heterocycles. The van der Waals surface area contributed by atoms with Crippen LogP contribution in [0, 0.1) is 0 Å². The lowest BCUT2D eigenvalue weighted by Gasteiger charge is -2.15. The van der Waals surface area contributed by atoms with Crippen molar-refractivity contribution >= 4 is 27.5 Å². The molecule has 1 aliphatic rings. The van der Waals surface area contributed by atoms with Gasteiger partial charge in [0.1, 0.15) is 0 Å². The SMILES string of the molecule is Nc1cc(Br)ccc1C(=O)NCC1CCC(Cc2ccccc2)O1. The number of halogens is 1. The summed E-state index contributed by atoms with van der Waals surface area (Å²) < 4.78 is 6.91. The third kappa shape index (κ3) is 4.36. The molecule has 0 aliphatic carbocycles. The van der Waals surface area contributed by atoms with Gasteiger partial charge in [-0.15, -0.1) is 0 Å². The predicted molar refractivity (Wildman–Crippen MR) is 98.9 cm³/mol. The Bertz CT molecular complexity index is 706. The zero-order valence-electron chi connectivity index (χ0n) is 13.4. The largest absolute Gasteiger partial charge is 0.398 e. The second-order valence-electron chi connectivity index (χ2n) is 6.09. The van der Waals surface area contributed by atoms with Crippen LogP contribution in [0.3, 0.4) is 0 Å². The van der Waals surface area contributed by atoms with Crippen LogP contribution in [-0.2, 0) is 11.2 Å². The molecule has 24 heavy (non-hydrogen) atoms. The lowest BCUT2D eigenvalue weighted by molar-refractivity contribution is 0.0445. The van der Waals surface area contributed by atoms with Gasteiger partial charge in [0.25, 0.3) is 5.91 Å². The van der Waals surface area contributed by atoms with Crippen LogP contribution in [0.25, 0.3) is 0 Å². The van der Waals surface area contributed by atoms with Crippen LogP contribution in [-0.4, -0.2) is 24.7 Å². The van der Waals surface area contributed by atoms with Gasteiger partial charge < -0.3 is 15.8 Å². The van der Waals surface area contributed by atoms with E-state index in [-0.39, 0.29) is 18.1 Å². The van der Waals surface area contributed by atoms with Crippen LogP contribution in [0.5, 0.6) is 0 Å². The molecule has 2 aromatic carbocycles. The fourth-order valence-corrected chi connectivity index (χ4v) is 3.38. The molecule has 3 N–H and O–H groups in total. The quantitative estimate of drug-likeness (QED) is 0.769. The maximum absolute atomic E-state index is 12.2. The molecule has 5 heteroatoms. The number of nitrogen functional groups attached to an aromatic ring is 1. The van der Waals surface area contributed by atoms with Crippen LogP contribution >= 0.6 is 15.9 Å². The van der Waals surface area contributed by atoms with Crippen molar-refractivity contribution in [3.63, 3.8) is 0 Å². The summed E-state index contributed by atoms with van der Waals surface area (Å²) in [5.41, 5.74) is 8.14. The van der Waals surface area contributed by atoms with Crippen molar-refractivity contribution in [3.05, 3.63) is 64.1 Å². The highest BCUT2D eigenvalue weighted by molar-refractivity contribution is 9.10. The van der Waals surface area contributed by atoms with Gasteiger partial charge in [-0.1, -0.05) is 46.3 Å². The average molecular weight is 389 g/mol. The number of nitrogens with one attached hydrogen (secondary N) is 1. The molecule has 0 bridgehead atoms. The van der Waals surface area contributed by atoms with Gasteiger partial charge in [-0.25, -0.2) is 0 Å². The summed E-state index contributed by atoms with van der Waals surface area (Å²) in [6.07, 6.45) is 3.21. The minimum absolute atomic E-state index is 0.0688. The summed E-state index contributed by atoms with van der Waals surface area (Å²) in [4.78, 5) is 12.2. The van der Waals surface area contributed by atoms with Crippen LogP contribution in [0.15, 0.2) is 53.0 Å². The number of carbonyl (C=O) groups excluding carboxylic acids is 1. The summed E-state index contributed by atoms with van der Waals surface area (Å²) in [5, 5.41) is 2.93. The second kappa shape index (κ2) is 7.81. The van der Waals surface area contributed by atoms with E-state index in [0.717, 1.165) is 23.7 Å². The maximum Gasteiger partial charge on any atom is 0.253 e. The van der Waals surface area contributed by atoms with Gasteiger partial charge in [-0.2, -0.15) is 0 Å². The molecule has 1 saturated heterocycles. The van der Waals surface area contributed by atoms with Crippen molar-refractivity contribution in [2.75, 3.05) is 12.3 Å². The number of anilines is 1. The molecule has 1 fully saturated rings. The minimum Gasteiger partial charge on any atom is -0.398 e. The summed E-state index contributed by atoms with van der Waals surface area (Å²) in [6, 6.07) is 15.6. The van der Waals surface area contributed by atoms with Crippen molar-refractivity contribution in [1.29, 1.82) is 0 Å². The number of nitrogens with two attached hydrogens (primary N) is 1. The fraction of sp³-hybridized carbons (Fsp3) is 0.316. The van der Waals surface area contributed by atoms with Crippen molar-refractivity contribution in [3.8, 4) is 0 Å². The number of ether oxygens (including phenoxy) is 1. The van der Waals surface area contributed by atoms with E-state index in [1.165, 1.54) is 5.56 Å². The smallest absolute Gasteiger partial charge is 0.253 e. The van der Waals surface area contributed by atoms with E-state index in [0.29, 0.717) is 17.8 Å². The second-order valence-corrected chi connectivity index (χ2v) is 7.00. The summed E-state index contributed by atoms with van der Waals surface area (Å²) in [7, 11) is 0. The lowest BCUT2D eigenvalue weighted by atomic mass is 10.1. The van der Waals surface area contributed by atoms with Crippen LogP contribution in [0.1, 0.15) is 28.8 Å². The van der Waals surface area contributed by atoms with Crippen LogP contribution < -0.4 is 11.1 Å². The van der Waals surface area contributed by atoms with E-state index in [1.54, 1.807) is 12.1 Å². The van der Waals surface area contributed by atoms with E-state index in [9.17, 15) is 4.79 Å². The van der Waals surface area contributed by atoms with Crippen molar-refractivity contribution in [2.45, 2.75) is 31.5 Å². The molecule has 2 atom stereocenters. The molecule has 1 aliphatic heterocycles. The Kier molecular flexibility index (Phi) is 5.53. The summed E-state index contributed by atoms with van der Waals surface area (Å²) >= 11 is 3.34. The highest BCUT2D eigenvalue weighted by Crippen LogP contribution is 2.23. The van der Waals surface area contributed by atoms with Crippen molar-refractivity contribution < 1.29 is 9.53 Å². The number of hydrogen-bond acceptors (Lipinski definition) is 3. The Morgan fingerprint density at radius 1 is 1.17 bits per heavy atom. The first-order chi connectivity index (χ1) is 11.6. The van der Waals surface area contributed by atoms with Gasteiger partial charge in [0.2, 0.25) is 0 Å². The van der Waals surface area contributed by atoms with Crippen LogP contribution in [0.4, 0.5) is 5.69 Å². The molecular weight excluding hydrogens is 368 g/mol. The Labute approximate surface area is 150 Å². The molecule has 0 saturated carbocycles. The Balaban J connectivity index is 1.48. The lowest BCUT2D eigenvalue weighted by Crippen LogP contribution is -2.32. The summed E-state index contributed by atoms with van der Waals surface area (Å²) in [5.74, 6) is -0.157. The molecule has 4 nitrogen and oxygen atoms in total. The highest BCUT2D eigenvalue weighted by Gasteiger charge is 2.25. The van der Waals surface area contributed by atoms with E-state index >= 15 is 0 Å². The number of amides is 1.